The Morgan fingerprint density at radius 3 is 2.76 bits per heavy atom. The van der Waals surface area contributed by atoms with Crippen molar-refractivity contribution in [1.82, 2.24) is 29.4 Å². The van der Waals surface area contributed by atoms with Crippen molar-refractivity contribution in [3.63, 3.8) is 0 Å². The van der Waals surface area contributed by atoms with Gasteiger partial charge in [0.05, 0.1) is 12.3 Å². The monoisotopic (exact) mass is 513 g/mol. The number of aliphatic hydroxyl groups excluding tert-OH is 1. The maximum absolute atomic E-state index is 11.9. The molecule has 1 unspecified atom stereocenters. The van der Waals surface area contributed by atoms with Crippen molar-refractivity contribution >= 4 is 23.0 Å². The van der Waals surface area contributed by atoms with Crippen molar-refractivity contribution in [2.75, 3.05) is 44.4 Å². The van der Waals surface area contributed by atoms with E-state index in [4.69, 9.17) is 24.5 Å². The van der Waals surface area contributed by atoms with Gasteiger partial charge in [0.15, 0.2) is 5.65 Å². The first-order chi connectivity index (χ1) is 18.6. The zero-order valence-electron chi connectivity index (χ0n) is 20.9. The number of rotatable bonds is 3. The summed E-state index contributed by atoms with van der Waals surface area (Å²) in [7, 11) is 0. The Kier molecular flexibility index (Phi) is 5.31. The average Bonchev–Trinajstić information content (AvgIpc) is 3.52. The molecule has 6 heterocycles. The minimum Gasteiger partial charge on any atom is -0.490 e. The molecular weight excluding hydrogens is 486 g/mol. The fourth-order valence-corrected chi connectivity index (χ4v) is 5.83. The molecule has 11 heteroatoms. The molecule has 3 aromatic heterocycles. The van der Waals surface area contributed by atoms with Gasteiger partial charge in [-0.3, -0.25) is 9.36 Å². The fraction of sp³-hybridized carbons (Fsp3) is 0.370. The lowest BCUT2D eigenvalue weighted by atomic mass is 9.91. The highest BCUT2D eigenvalue weighted by atomic mass is 16.5. The Bertz CT molecular complexity index is 1540. The summed E-state index contributed by atoms with van der Waals surface area (Å²) in [5.74, 6) is 2.05. The van der Waals surface area contributed by atoms with Crippen molar-refractivity contribution < 1.29 is 19.4 Å². The molecule has 1 N–H and O–H groups in total. The van der Waals surface area contributed by atoms with Crippen LogP contribution in [0.5, 0.6) is 5.75 Å². The summed E-state index contributed by atoms with van der Waals surface area (Å²) < 4.78 is 14.2. The third kappa shape index (κ3) is 3.46. The van der Waals surface area contributed by atoms with Crippen molar-refractivity contribution in [3.8, 4) is 17.0 Å². The van der Waals surface area contributed by atoms with E-state index in [9.17, 15) is 4.79 Å². The zero-order chi connectivity index (χ0) is 25.9. The van der Waals surface area contributed by atoms with Crippen LogP contribution in [0.15, 0.2) is 48.8 Å². The summed E-state index contributed by atoms with van der Waals surface area (Å²) >= 11 is 0. The molecule has 3 aliphatic rings. The van der Waals surface area contributed by atoms with Gasteiger partial charge in [-0.15, -0.1) is 0 Å². The second-order valence-corrected chi connectivity index (χ2v) is 10.0. The number of hydrogen-bond donors (Lipinski definition) is 1. The SMILES string of the molecule is C[C@H]1CN(C(=O)CO)CCN1c1ncc(-c2ccc3nc4n(c3n2)C2(COC4)COc3ccccc32)cn1. The highest BCUT2D eigenvalue weighted by Gasteiger charge is 2.47. The first-order valence-corrected chi connectivity index (χ1v) is 12.7. The normalized spacial score (nSPS) is 22.4. The van der Waals surface area contributed by atoms with E-state index >= 15 is 0 Å². The summed E-state index contributed by atoms with van der Waals surface area (Å²) in [5.41, 5.74) is 3.71. The molecule has 7 rings (SSSR count). The number of nitrogens with zero attached hydrogens (tertiary/aromatic N) is 7. The van der Waals surface area contributed by atoms with Crippen molar-refractivity contribution in [2.45, 2.75) is 25.1 Å². The first kappa shape index (κ1) is 23.1. The maximum atomic E-state index is 11.9. The summed E-state index contributed by atoms with van der Waals surface area (Å²) in [4.78, 5) is 34.7. The number of piperazine rings is 1. The van der Waals surface area contributed by atoms with Crippen LogP contribution in [0.1, 0.15) is 18.3 Å². The van der Waals surface area contributed by atoms with Crippen LogP contribution >= 0.6 is 0 Å². The standard InChI is InChI=1S/C27H27N7O4/c1-17-12-32(24(36)13-35)8-9-33(17)26-28-10-18(11-29-26)20-6-7-21-25(31-20)34-23(30-21)14-37-15-27(34)16-38-22-5-3-2-4-19(22)27/h2-7,10-11,17,35H,8-9,12-16H2,1H3/t17-,27?/m0/s1. The highest BCUT2D eigenvalue weighted by molar-refractivity contribution is 5.78. The minimum absolute atomic E-state index is 0.0350. The Morgan fingerprint density at radius 2 is 1.95 bits per heavy atom. The molecule has 38 heavy (non-hydrogen) atoms. The second-order valence-electron chi connectivity index (χ2n) is 10.0. The molecule has 1 aromatic carbocycles. The van der Waals surface area contributed by atoms with Gasteiger partial charge in [-0.2, -0.15) is 0 Å². The van der Waals surface area contributed by atoms with Gasteiger partial charge in [-0.1, -0.05) is 18.2 Å². The number of amides is 1. The molecule has 1 fully saturated rings. The van der Waals surface area contributed by atoms with Gasteiger partial charge in [-0.25, -0.2) is 19.9 Å². The molecule has 0 saturated carbocycles. The molecular formula is C27H27N7O4. The largest absolute Gasteiger partial charge is 0.490 e. The Hall–Kier alpha value is -4.09. The number of fused-ring (bicyclic) bond motifs is 6. The van der Waals surface area contributed by atoms with E-state index in [0.29, 0.717) is 45.4 Å². The summed E-state index contributed by atoms with van der Waals surface area (Å²) in [5, 5.41) is 9.16. The molecule has 2 atom stereocenters. The topological polar surface area (TPSA) is 119 Å². The quantitative estimate of drug-likeness (QED) is 0.436. The van der Waals surface area contributed by atoms with Crippen LogP contribution in [-0.2, 0) is 21.7 Å². The number of carbonyl (C=O) groups excluding carboxylic acids is 1. The van der Waals surface area contributed by atoms with Crippen molar-refractivity contribution in [1.29, 1.82) is 0 Å². The van der Waals surface area contributed by atoms with Crippen LogP contribution in [0.4, 0.5) is 5.95 Å². The third-order valence-corrected chi connectivity index (χ3v) is 7.74. The lowest BCUT2D eigenvalue weighted by Gasteiger charge is -2.39. The molecule has 194 valence electrons. The van der Waals surface area contributed by atoms with E-state index in [0.717, 1.165) is 39.6 Å². The average molecular weight is 514 g/mol. The second kappa shape index (κ2) is 8.74. The lowest BCUT2D eigenvalue weighted by molar-refractivity contribution is -0.134. The molecule has 11 nitrogen and oxygen atoms in total. The Morgan fingerprint density at radius 1 is 1.11 bits per heavy atom. The van der Waals surface area contributed by atoms with Crippen LogP contribution in [0.25, 0.3) is 22.4 Å². The minimum atomic E-state index is -0.513. The van der Waals surface area contributed by atoms with Crippen LogP contribution in [-0.4, -0.2) is 85.9 Å². The van der Waals surface area contributed by atoms with E-state index in [-0.39, 0.29) is 11.9 Å². The number of pyridine rings is 1. The summed E-state index contributed by atoms with van der Waals surface area (Å²) in [6.07, 6.45) is 3.57. The van der Waals surface area contributed by atoms with Gasteiger partial charge in [0.2, 0.25) is 11.9 Å². The van der Waals surface area contributed by atoms with E-state index in [1.165, 1.54) is 0 Å². The number of ether oxygens (including phenoxy) is 2. The van der Waals surface area contributed by atoms with Gasteiger partial charge in [-0.05, 0) is 25.1 Å². The van der Waals surface area contributed by atoms with Crippen molar-refractivity contribution in [2.24, 2.45) is 0 Å². The number of hydrogen-bond acceptors (Lipinski definition) is 9. The predicted molar refractivity (Wildman–Crippen MR) is 138 cm³/mol. The number of para-hydroxylation sites is 1. The number of anilines is 1. The summed E-state index contributed by atoms with van der Waals surface area (Å²) in [6, 6.07) is 12.0. The molecule has 1 amide bonds. The smallest absolute Gasteiger partial charge is 0.248 e. The van der Waals surface area contributed by atoms with Crippen LogP contribution in [0.3, 0.4) is 0 Å². The van der Waals surface area contributed by atoms with E-state index < -0.39 is 12.1 Å². The third-order valence-electron chi connectivity index (χ3n) is 7.74. The van der Waals surface area contributed by atoms with Crippen LogP contribution < -0.4 is 9.64 Å². The Balaban J connectivity index is 1.21. The highest BCUT2D eigenvalue weighted by Crippen LogP contribution is 2.44. The fourth-order valence-electron chi connectivity index (χ4n) is 5.83. The van der Waals surface area contributed by atoms with E-state index in [2.05, 4.69) is 25.5 Å². The molecule has 3 aliphatic heterocycles. The van der Waals surface area contributed by atoms with Gasteiger partial charge < -0.3 is 24.4 Å². The van der Waals surface area contributed by atoms with Gasteiger partial charge >= 0.3 is 0 Å². The maximum Gasteiger partial charge on any atom is 0.248 e. The molecule has 4 aromatic rings. The Labute approximate surface area is 218 Å². The molecule has 0 radical (unpaired) electrons. The van der Waals surface area contributed by atoms with Crippen molar-refractivity contribution in [3.05, 3.63) is 60.2 Å². The van der Waals surface area contributed by atoms with Crippen LogP contribution in [0, 0.1) is 0 Å². The number of carbonyl (C=O) groups is 1. The van der Waals surface area contributed by atoms with E-state index in [1.807, 2.05) is 37.3 Å². The first-order valence-electron chi connectivity index (χ1n) is 12.7. The van der Waals surface area contributed by atoms with Gasteiger partial charge in [0.25, 0.3) is 0 Å². The lowest BCUT2D eigenvalue weighted by Crippen LogP contribution is -2.54. The molecule has 0 bridgehead atoms. The molecule has 1 spiro atoms. The van der Waals surface area contributed by atoms with Crippen LogP contribution in [0.2, 0.25) is 0 Å². The number of aromatic nitrogens is 5. The number of imidazole rings is 1. The number of benzene rings is 1. The summed E-state index contributed by atoms with van der Waals surface area (Å²) in [6.45, 7) is 4.57. The van der Waals surface area contributed by atoms with E-state index in [1.54, 1.807) is 17.3 Å². The van der Waals surface area contributed by atoms with Gasteiger partial charge in [0, 0.05) is 49.2 Å². The zero-order valence-corrected chi connectivity index (χ0v) is 20.9. The predicted octanol–water partition coefficient (Wildman–Crippen LogP) is 1.58. The molecule has 0 aliphatic carbocycles. The molecule has 1 saturated heterocycles. The number of aliphatic hydroxyl groups is 1. The van der Waals surface area contributed by atoms with Gasteiger partial charge in [0.1, 0.15) is 42.5 Å².